The van der Waals surface area contributed by atoms with Crippen molar-refractivity contribution in [1.82, 2.24) is 4.90 Å². The van der Waals surface area contributed by atoms with Crippen molar-refractivity contribution in [3.63, 3.8) is 0 Å². The molecule has 0 saturated carbocycles. The molecular weight excluding hydrogens is 393 g/mol. The van der Waals surface area contributed by atoms with Gasteiger partial charge in [-0.2, -0.15) is 0 Å². The number of likely N-dealkylation sites (tertiary alicyclic amines) is 1. The molecule has 1 aliphatic heterocycles. The Balaban J connectivity index is 2.01. The zero-order valence-corrected chi connectivity index (χ0v) is 15.4. The Hall–Kier alpha value is -1.11. The lowest BCUT2D eigenvalue weighted by Crippen LogP contribution is -2.51. The normalized spacial score (nSPS) is 23.0. The van der Waals surface area contributed by atoms with E-state index < -0.39 is 12.1 Å². The maximum atomic E-state index is 12.6. The number of carbonyl (C=O) groups is 2. The van der Waals surface area contributed by atoms with Crippen molar-refractivity contribution in [3.8, 4) is 0 Å². The Morgan fingerprint density at radius 2 is 1.73 bits per heavy atom. The van der Waals surface area contributed by atoms with Gasteiger partial charge in [-0.25, -0.2) is 4.79 Å². The van der Waals surface area contributed by atoms with Crippen LogP contribution in [0.15, 0.2) is 24.3 Å². The van der Waals surface area contributed by atoms with Gasteiger partial charge in [0.15, 0.2) is 6.10 Å². The lowest BCUT2D eigenvalue weighted by atomic mass is 9.97. The van der Waals surface area contributed by atoms with E-state index in [0.717, 1.165) is 22.8 Å². The summed E-state index contributed by atoms with van der Waals surface area (Å²) in [5.74, 6) is -0.548. The van der Waals surface area contributed by atoms with Crippen molar-refractivity contribution in [3.05, 3.63) is 33.4 Å². The number of amides is 1. The summed E-state index contributed by atoms with van der Waals surface area (Å²) in [5, 5.41) is 0. The first-order valence-corrected chi connectivity index (χ1v) is 8.76. The summed E-state index contributed by atoms with van der Waals surface area (Å²) < 4.78 is 6.41. The third-order valence-corrected chi connectivity index (χ3v) is 4.88. The molecule has 2 rings (SSSR count). The van der Waals surface area contributed by atoms with Crippen molar-refractivity contribution < 1.29 is 14.3 Å². The van der Waals surface area contributed by atoms with Crippen LogP contribution >= 0.6 is 22.6 Å². The Bertz CT molecular complexity index is 533. The molecular formula is C17H22INO3. The average molecular weight is 415 g/mol. The van der Waals surface area contributed by atoms with Gasteiger partial charge in [0.2, 0.25) is 0 Å². The average Bonchev–Trinajstić information content (AvgIpc) is 2.47. The van der Waals surface area contributed by atoms with E-state index in [4.69, 9.17) is 4.74 Å². The minimum Gasteiger partial charge on any atom is -0.449 e. The molecule has 1 saturated heterocycles. The van der Waals surface area contributed by atoms with Gasteiger partial charge in [-0.15, -0.1) is 0 Å². The number of rotatable bonds is 3. The summed E-state index contributed by atoms with van der Waals surface area (Å²) in [6.45, 7) is 5.77. The quantitative estimate of drug-likeness (QED) is 0.560. The van der Waals surface area contributed by atoms with E-state index in [-0.39, 0.29) is 18.0 Å². The SMILES string of the molecule is C[C@@H]1CCC[C@@H](C)N1C(=O)[C@@H](C)OC(=O)c1ccc(I)cc1. The van der Waals surface area contributed by atoms with Crippen LogP contribution in [0.2, 0.25) is 0 Å². The van der Waals surface area contributed by atoms with Crippen molar-refractivity contribution in [2.75, 3.05) is 0 Å². The van der Waals surface area contributed by atoms with Crippen LogP contribution in [0, 0.1) is 3.57 Å². The highest BCUT2D eigenvalue weighted by molar-refractivity contribution is 14.1. The summed E-state index contributed by atoms with van der Waals surface area (Å²) in [5.41, 5.74) is 0.472. The van der Waals surface area contributed by atoms with Gasteiger partial charge in [-0.3, -0.25) is 4.79 Å². The molecule has 0 radical (unpaired) electrons. The number of carbonyl (C=O) groups excluding carboxylic acids is 2. The number of piperidine rings is 1. The fraction of sp³-hybridized carbons (Fsp3) is 0.529. The number of benzene rings is 1. The first-order valence-electron chi connectivity index (χ1n) is 7.69. The number of nitrogens with zero attached hydrogens (tertiary/aromatic N) is 1. The largest absolute Gasteiger partial charge is 0.449 e. The maximum Gasteiger partial charge on any atom is 0.338 e. The third-order valence-electron chi connectivity index (χ3n) is 4.16. The van der Waals surface area contributed by atoms with Crippen molar-refractivity contribution in [1.29, 1.82) is 0 Å². The minimum atomic E-state index is -0.755. The van der Waals surface area contributed by atoms with E-state index in [1.807, 2.05) is 17.0 Å². The molecule has 4 nitrogen and oxygen atoms in total. The Morgan fingerprint density at radius 3 is 2.27 bits per heavy atom. The molecule has 0 aliphatic carbocycles. The molecule has 0 bridgehead atoms. The molecule has 1 heterocycles. The molecule has 1 amide bonds. The van der Waals surface area contributed by atoms with Crippen molar-refractivity contribution in [2.45, 2.75) is 58.2 Å². The third kappa shape index (κ3) is 4.00. The second kappa shape index (κ2) is 7.44. The molecule has 3 atom stereocenters. The highest BCUT2D eigenvalue weighted by Gasteiger charge is 2.33. The summed E-state index contributed by atoms with van der Waals surface area (Å²) in [7, 11) is 0. The highest BCUT2D eigenvalue weighted by atomic mass is 127. The number of halogens is 1. The molecule has 0 spiro atoms. The van der Waals surface area contributed by atoms with Crippen LogP contribution in [0.4, 0.5) is 0 Å². The summed E-state index contributed by atoms with van der Waals surface area (Å²) in [6.07, 6.45) is 2.40. The number of ether oxygens (including phenoxy) is 1. The fourth-order valence-corrected chi connectivity index (χ4v) is 3.29. The molecule has 0 unspecified atom stereocenters. The van der Waals surface area contributed by atoms with E-state index in [1.54, 1.807) is 19.1 Å². The molecule has 1 aromatic carbocycles. The fourth-order valence-electron chi connectivity index (χ4n) is 2.93. The summed E-state index contributed by atoms with van der Waals surface area (Å²) >= 11 is 2.18. The number of hydrogen-bond donors (Lipinski definition) is 0. The van der Waals surface area contributed by atoms with Gasteiger partial charge < -0.3 is 9.64 Å². The molecule has 0 N–H and O–H groups in total. The molecule has 1 aromatic rings. The van der Waals surface area contributed by atoms with Crippen LogP contribution in [0.25, 0.3) is 0 Å². The van der Waals surface area contributed by atoms with Gasteiger partial charge >= 0.3 is 5.97 Å². The van der Waals surface area contributed by atoms with Crippen LogP contribution in [0.1, 0.15) is 50.4 Å². The smallest absolute Gasteiger partial charge is 0.338 e. The Morgan fingerprint density at radius 1 is 1.18 bits per heavy atom. The molecule has 0 aromatic heterocycles. The first kappa shape index (κ1) is 17.2. The Labute approximate surface area is 145 Å². The van der Waals surface area contributed by atoms with Gasteiger partial charge in [0, 0.05) is 15.7 Å². The van der Waals surface area contributed by atoms with Crippen molar-refractivity contribution in [2.24, 2.45) is 0 Å². The van der Waals surface area contributed by atoms with Gasteiger partial charge in [-0.05, 0) is 86.9 Å². The zero-order valence-electron chi connectivity index (χ0n) is 13.2. The van der Waals surface area contributed by atoms with E-state index in [0.29, 0.717) is 5.56 Å². The lowest BCUT2D eigenvalue weighted by molar-refractivity contribution is -0.146. The van der Waals surface area contributed by atoms with E-state index >= 15 is 0 Å². The van der Waals surface area contributed by atoms with Crippen molar-refractivity contribution >= 4 is 34.5 Å². The van der Waals surface area contributed by atoms with E-state index in [9.17, 15) is 9.59 Å². The van der Waals surface area contributed by atoms with Crippen LogP contribution in [0.3, 0.4) is 0 Å². The first-order chi connectivity index (χ1) is 10.4. The van der Waals surface area contributed by atoms with Crippen LogP contribution in [0.5, 0.6) is 0 Å². The zero-order chi connectivity index (χ0) is 16.3. The summed E-state index contributed by atoms with van der Waals surface area (Å²) in [6, 6.07) is 7.53. The maximum absolute atomic E-state index is 12.6. The Kier molecular flexibility index (Phi) is 5.83. The van der Waals surface area contributed by atoms with E-state index in [1.165, 1.54) is 0 Å². The number of esters is 1. The van der Waals surface area contributed by atoms with Crippen LogP contribution in [-0.2, 0) is 9.53 Å². The predicted molar refractivity (Wildman–Crippen MR) is 93.7 cm³/mol. The highest BCUT2D eigenvalue weighted by Crippen LogP contribution is 2.24. The van der Waals surface area contributed by atoms with Gasteiger partial charge in [-0.1, -0.05) is 0 Å². The van der Waals surface area contributed by atoms with Crippen LogP contribution < -0.4 is 0 Å². The molecule has 1 aliphatic rings. The van der Waals surface area contributed by atoms with Gasteiger partial charge in [0.05, 0.1) is 5.56 Å². The standard InChI is InChI=1S/C17H22INO3/c1-11-5-4-6-12(2)19(11)16(20)13(3)22-17(21)14-7-9-15(18)10-8-14/h7-13H,4-6H2,1-3H3/t11-,12-,13-/m1/s1. The summed E-state index contributed by atoms with van der Waals surface area (Å²) in [4.78, 5) is 26.6. The topological polar surface area (TPSA) is 46.6 Å². The monoisotopic (exact) mass is 415 g/mol. The second-order valence-electron chi connectivity index (χ2n) is 5.93. The van der Waals surface area contributed by atoms with Gasteiger partial charge in [0.25, 0.3) is 5.91 Å². The molecule has 1 fully saturated rings. The molecule has 5 heteroatoms. The predicted octanol–water partition coefficient (Wildman–Crippen LogP) is 3.63. The molecule has 120 valence electrons. The molecule has 22 heavy (non-hydrogen) atoms. The van der Waals surface area contributed by atoms with Crippen LogP contribution in [-0.4, -0.2) is 35.0 Å². The second-order valence-corrected chi connectivity index (χ2v) is 7.17. The van der Waals surface area contributed by atoms with E-state index in [2.05, 4.69) is 36.4 Å². The number of hydrogen-bond acceptors (Lipinski definition) is 3. The van der Waals surface area contributed by atoms with Gasteiger partial charge in [0.1, 0.15) is 0 Å². The minimum absolute atomic E-state index is 0.0986. The lowest BCUT2D eigenvalue weighted by Gasteiger charge is -2.40.